The van der Waals surface area contributed by atoms with E-state index < -0.39 is 0 Å². The van der Waals surface area contributed by atoms with Gasteiger partial charge in [0.1, 0.15) is 0 Å². The van der Waals surface area contributed by atoms with Crippen molar-refractivity contribution in [2.45, 2.75) is 41.8 Å². The van der Waals surface area contributed by atoms with Gasteiger partial charge in [0.05, 0.1) is 22.2 Å². The van der Waals surface area contributed by atoms with Crippen molar-refractivity contribution in [1.29, 1.82) is 0 Å². The minimum absolute atomic E-state index is 0.0678. The van der Waals surface area contributed by atoms with E-state index in [0.717, 1.165) is 177 Å². The molecule has 0 aliphatic carbocycles. The van der Waals surface area contributed by atoms with Gasteiger partial charge in [0.2, 0.25) is 0 Å². The van der Waals surface area contributed by atoms with E-state index in [1.807, 2.05) is 0 Å². The van der Waals surface area contributed by atoms with E-state index in [1.54, 1.807) is 0 Å². The number of fused-ring (bicyclic) bond motifs is 30. The summed E-state index contributed by atoms with van der Waals surface area (Å²) in [7, 11) is 0. The standard InChI is InChI=1S/C28H46N8.C21H40N8/c1-3-7-25(8-4-1)17-35-27-19-29-11-14-32-22-28(23-33-15-12-30-20-27,24-34-16-13-31-21-27)36-18-26-9-5-2-6-10-26;22-20-13-23-6-9-26-16-21(17-27-10-7-24-14-20,18-28-11-8-25-15-20)29-12-19-4-2-1-3-5-19/h1-10,29-36H,11-24H2;1-5,23-29H,6-18,22H2. The molecule has 6 saturated heterocycles. The molecule has 17 N–H and O–H groups in total. The van der Waals surface area contributed by atoms with Crippen LogP contribution >= 0.6 is 0 Å². The molecular weight excluding hydrogens is 813 g/mol. The van der Waals surface area contributed by atoms with Crippen LogP contribution in [-0.2, 0) is 19.6 Å². The summed E-state index contributed by atoms with van der Waals surface area (Å²) >= 11 is 0. The van der Waals surface area contributed by atoms with Crippen LogP contribution in [-0.4, -0.2) is 179 Å². The Balaban J connectivity index is 0.000000221. The predicted octanol–water partition coefficient (Wildman–Crippen LogP) is -2.61. The summed E-state index contributed by atoms with van der Waals surface area (Å²) in [5.41, 5.74) is 10.1. The zero-order valence-corrected chi connectivity index (χ0v) is 39.3. The highest BCUT2D eigenvalue weighted by atomic mass is 15.2. The zero-order valence-electron chi connectivity index (χ0n) is 39.3. The van der Waals surface area contributed by atoms with Crippen molar-refractivity contribution >= 4 is 0 Å². The van der Waals surface area contributed by atoms with Crippen LogP contribution in [0.5, 0.6) is 0 Å². The summed E-state index contributed by atoms with van der Waals surface area (Å²) in [6.45, 7) is 24.2. The molecule has 65 heavy (non-hydrogen) atoms. The molecule has 9 rings (SSSR count). The molecule has 4 bridgehead atoms. The summed E-state index contributed by atoms with van der Waals surface area (Å²) < 4.78 is 0. The Morgan fingerprint density at radius 1 is 0.292 bits per heavy atom. The van der Waals surface area contributed by atoms with Gasteiger partial charge in [0.25, 0.3) is 0 Å². The molecule has 6 fully saturated rings. The molecule has 0 unspecified atom stereocenters. The Labute approximate surface area is 390 Å². The summed E-state index contributed by atoms with van der Waals surface area (Å²) in [6.07, 6.45) is 0. The van der Waals surface area contributed by atoms with Crippen molar-refractivity contribution in [3.8, 4) is 0 Å². The Hall–Kier alpha value is -2.98. The highest BCUT2D eigenvalue weighted by Crippen LogP contribution is 2.10. The van der Waals surface area contributed by atoms with Crippen molar-refractivity contribution < 1.29 is 0 Å². The van der Waals surface area contributed by atoms with Crippen LogP contribution in [0.25, 0.3) is 0 Å². The molecule has 0 aromatic heterocycles. The third kappa shape index (κ3) is 19.3. The molecule has 16 heteroatoms. The van der Waals surface area contributed by atoms with Gasteiger partial charge in [-0.1, -0.05) is 91.0 Å². The highest BCUT2D eigenvalue weighted by Gasteiger charge is 2.33. The molecule has 3 aromatic carbocycles. The van der Waals surface area contributed by atoms with Crippen LogP contribution in [0.3, 0.4) is 0 Å². The first-order valence-electron chi connectivity index (χ1n) is 24.6. The Morgan fingerprint density at radius 3 is 0.677 bits per heavy atom. The molecule has 0 radical (unpaired) electrons. The molecule has 0 spiro atoms. The summed E-state index contributed by atoms with van der Waals surface area (Å²) in [4.78, 5) is 0. The topological polar surface area (TPSA) is 206 Å². The molecule has 16 nitrogen and oxygen atoms in total. The fourth-order valence-corrected chi connectivity index (χ4v) is 8.99. The second kappa shape index (κ2) is 29.0. The van der Waals surface area contributed by atoms with Gasteiger partial charge in [-0.25, -0.2) is 0 Å². The zero-order chi connectivity index (χ0) is 45.0. The smallest absolute Gasteiger partial charge is 0.0561 e. The van der Waals surface area contributed by atoms with Crippen LogP contribution in [0, 0.1) is 0 Å². The minimum atomic E-state index is -0.283. The highest BCUT2D eigenvalue weighted by molar-refractivity contribution is 5.17. The SMILES string of the molecule is NC12CNCCNCC(NCc3ccccc3)(CNCCNC1)CNCCNC2.c1ccc(CNC23CNCCNCC(NCc4ccccc4)(CNCCNC2)CNCCNC3)cc1. The molecule has 3 aromatic rings. The van der Waals surface area contributed by atoms with E-state index in [1.165, 1.54) is 16.7 Å². The van der Waals surface area contributed by atoms with E-state index in [-0.39, 0.29) is 22.2 Å². The van der Waals surface area contributed by atoms with E-state index in [9.17, 15) is 0 Å². The van der Waals surface area contributed by atoms with Gasteiger partial charge < -0.3 is 85.5 Å². The van der Waals surface area contributed by atoms with Crippen molar-refractivity contribution in [2.24, 2.45) is 5.73 Å². The van der Waals surface area contributed by atoms with Gasteiger partial charge >= 0.3 is 0 Å². The Bertz CT molecular complexity index is 1500. The van der Waals surface area contributed by atoms with E-state index >= 15 is 0 Å². The lowest BCUT2D eigenvalue weighted by molar-refractivity contribution is 0.253. The molecule has 362 valence electrons. The Kier molecular flexibility index (Phi) is 23.0. The number of nitrogens with two attached hydrogens (primary N) is 1. The average Bonchev–Trinajstić information content (AvgIpc) is 3.34. The number of hydrogen-bond donors (Lipinski definition) is 16. The average molecular weight is 899 g/mol. The van der Waals surface area contributed by atoms with E-state index in [2.05, 4.69) is 171 Å². The van der Waals surface area contributed by atoms with Crippen LogP contribution < -0.4 is 85.5 Å². The monoisotopic (exact) mass is 899 g/mol. The summed E-state index contributed by atoms with van der Waals surface area (Å²) in [5, 5.41) is 55.7. The molecule has 0 atom stereocenters. The predicted molar refractivity (Wildman–Crippen MR) is 269 cm³/mol. The second-order valence-electron chi connectivity index (χ2n) is 18.8. The Morgan fingerprint density at radius 2 is 0.477 bits per heavy atom. The molecular formula is C49H86N16. The van der Waals surface area contributed by atoms with Crippen LogP contribution in [0.1, 0.15) is 16.7 Å². The van der Waals surface area contributed by atoms with E-state index in [0.29, 0.717) is 0 Å². The molecule has 6 aliphatic rings. The summed E-state index contributed by atoms with van der Waals surface area (Å²) in [6, 6.07) is 32.0. The second-order valence-corrected chi connectivity index (χ2v) is 18.8. The number of nitrogens with one attached hydrogen (secondary N) is 15. The van der Waals surface area contributed by atoms with Crippen LogP contribution in [0.2, 0.25) is 0 Å². The van der Waals surface area contributed by atoms with E-state index in [4.69, 9.17) is 5.73 Å². The fourth-order valence-electron chi connectivity index (χ4n) is 8.99. The number of rotatable bonds is 9. The van der Waals surface area contributed by atoms with Crippen molar-refractivity contribution in [2.75, 3.05) is 157 Å². The quantitative estimate of drug-likeness (QED) is 0.106. The normalized spacial score (nSPS) is 28.9. The van der Waals surface area contributed by atoms with Gasteiger partial charge in [-0.05, 0) is 16.7 Å². The fraction of sp³-hybridized carbons (Fsp3) is 0.633. The lowest BCUT2D eigenvalue weighted by atomic mass is 9.96. The number of hydrogen-bond acceptors (Lipinski definition) is 16. The first kappa shape index (κ1) is 51.4. The van der Waals surface area contributed by atoms with Crippen LogP contribution in [0.15, 0.2) is 91.0 Å². The third-order valence-corrected chi connectivity index (χ3v) is 13.0. The van der Waals surface area contributed by atoms with Gasteiger partial charge in [-0.15, -0.1) is 0 Å². The first-order chi connectivity index (χ1) is 32.0. The summed E-state index contributed by atoms with van der Waals surface area (Å²) in [5.74, 6) is 0. The van der Waals surface area contributed by atoms with Crippen molar-refractivity contribution in [1.82, 2.24) is 79.8 Å². The first-order valence-corrected chi connectivity index (χ1v) is 24.6. The maximum absolute atomic E-state index is 6.66. The van der Waals surface area contributed by atoms with Gasteiger partial charge in [0, 0.05) is 177 Å². The number of benzene rings is 3. The molecule has 6 aliphatic heterocycles. The molecule has 0 amide bonds. The van der Waals surface area contributed by atoms with Crippen molar-refractivity contribution in [3.05, 3.63) is 108 Å². The maximum atomic E-state index is 6.66. The molecule has 0 saturated carbocycles. The maximum Gasteiger partial charge on any atom is 0.0561 e. The van der Waals surface area contributed by atoms with Crippen molar-refractivity contribution in [3.63, 3.8) is 0 Å². The largest absolute Gasteiger partial charge is 0.322 e. The van der Waals surface area contributed by atoms with Gasteiger partial charge in [-0.2, -0.15) is 0 Å². The third-order valence-electron chi connectivity index (χ3n) is 13.0. The molecule has 6 heterocycles. The van der Waals surface area contributed by atoms with Gasteiger partial charge in [-0.3, -0.25) is 0 Å². The lowest BCUT2D eigenvalue weighted by Gasteiger charge is -2.39. The van der Waals surface area contributed by atoms with Gasteiger partial charge in [0.15, 0.2) is 0 Å². The van der Waals surface area contributed by atoms with Crippen LogP contribution in [0.4, 0.5) is 0 Å². The lowest BCUT2D eigenvalue weighted by Crippen LogP contribution is -2.66. The minimum Gasteiger partial charge on any atom is -0.322 e.